The zero-order chi connectivity index (χ0) is 14.0. The van der Waals surface area contributed by atoms with Crippen LogP contribution in [0.3, 0.4) is 0 Å². The number of aromatic amines is 1. The molecule has 0 saturated carbocycles. The zero-order valence-corrected chi connectivity index (χ0v) is 12.7. The molecule has 0 aliphatic carbocycles. The lowest BCUT2D eigenvalue weighted by Gasteiger charge is -2.03. The maximum Gasteiger partial charge on any atom is 0.243 e. The molecule has 6 nitrogen and oxygen atoms in total. The van der Waals surface area contributed by atoms with Crippen LogP contribution in [0, 0.1) is 0 Å². The van der Waals surface area contributed by atoms with Crippen molar-refractivity contribution in [3.8, 4) is 17.1 Å². The molecule has 1 N–H and O–H groups in total. The van der Waals surface area contributed by atoms with Crippen molar-refractivity contribution in [1.29, 1.82) is 0 Å². The van der Waals surface area contributed by atoms with Crippen LogP contribution in [0.1, 0.15) is 6.92 Å². The van der Waals surface area contributed by atoms with Crippen LogP contribution < -0.4 is 4.74 Å². The Hall–Kier alpha value is -1.41. The van der Waals surface area contributed by atoms with Gasteiger partial charge in [0, 0.05) is 5.56 Å². The highest BCUT2D eigenvalue weighted by atomic mass is 79.9. The van der Waals surface area contributed by atoms with Gasteiger partial charge in [-0.3, -0.25) is 0 Å². The van der Waals surface area contributed by atoms with Gasteiger partial charge in [0.2, 0.25) is 15.0 Å². The summed E-state index contributed by atoms with van der Waals surface area (Å²) in [6.45, 7) is 1.56. The Kier molecular flexibility index (Phi) is 3.91. The van der Waals surface area contributed by atoms with E-state index in [-0.39, 0.29) is 10.9 Å². The molecule has 0 fully saturated rings. The Morgan fingerprint density at radius 1 is 1.42 bits per heavy atom. The minimum atomic E-state index is -3.37. The first-order valence-electron chi connectivity index (χ1n) is 5.47. The predicted octanol–water partition coefficient (Wildman–Crippen LogP) is 2.04. The van der Waals surface area contributed by atoms with E-state index in [0.29, 0.717) is 17.1 Å². The van der Waals surface area contributed by atoms with E-state index in [4.69, 9.17) is 4.74 Å². The van der Waals surface area contributed by atoms with Gasteiger partial charge in [0.1, 0.15) is 5.75 Å². The summed E-state index contributed by atoms with van der Waals surface area (Å²) in [6.07, 6.45) is 0. The number of methoxy groups -OCH3 is 1. The van der Waals surface area contributed by atoms with Crippen LogP contribution in [0.15, 0.2) is 27.8 Å². The topological polar surface area (TPSA) is 84.9 Å². The molecule has 0 atom stereocenters. The molecule has 2 aromatic rings. The van der Waals surface area contributed by atoms with E-state index in [1.165, 1.54) is 0 Å². The van der Waals surface area contributed by atoms with Gasteiger partial charge in [-0.15, -0.1) is 0 Å². The van der Waals surface area contributed by atoms with E-state index < -0.39 is 9.84 Å². The van der Waals surface area contributed by atoms with Crippen LogP contribution in [-0.2, 0) is 9.84 Å². The molecular weight excluding hydrogens is 334 g/mol. The molecular formula is C11H12BrN3O3S. The molecule has 1 aromatic heterocycles. The van der Waals surface area contributed by atoms with E-state index in [0.717, 1.165) is 4.47 Å². The van der Waals surface area contributed by atoms with Gasteiger partial charge in [0.05, 0.1) is 17.3 Å². The van der Waals surface area contributed by atoms with Crippen LogP contribution >= 0.6 is 15.9 Å². The summed E-state index contributed by atoms with van der Waals surface area (Å²) < 4.78 is 29.2. The molecule has 0 aliphatic rings. The molecule has 0 spiro atoms. The van der Waals surface area contributed by atoms with Crippen LogP contribution in [0.5, 0.6) is 5.75 Å². The van der Waals surface area contributed by atoms with Crippen molar-refractivity contribution in [3.63, 3.8) is 0 Å². The van der Waals surface area contributed by atoms with Gasteiger partial charge in [0.25, 0.3) is 0 Å². The van der Waals surface area contributed by atoms with E-state index in [2.05, 4.69) is 31.1 Å². The van der Waals surface area contributed by atoms with E-state index in [9.17, 15) is 8.42 Å². The summed E-state index contributed by atoms with van der Waals surface area (Å²) in [7, 11) is -1.81. The zero-order valence-electron chi connectivity index (χ0n) is 10.3. The van der Waals surface area contributed by atoms with Crippen LogP contribution in [0.2, 0.25) is 0 Å². The molecule has 0 aliphatic heterocycles. The third kappa shape index (κ3) is 2.79. The predicted molar refractivity (Wildman–Crippen MR) is 73.8 cm³/mol. The first-order valence-corrected chi connectivity index (χ1v) is 7.91. The Morgan fingerprint density at radius 2 is 2.16 bits per heavy atom. The molecule has 1 heterocycles. The minimum Gasteiger partial charge on any atom is -0.496 e. The number of aromatic nitrogens is 3. The van der Waals surface area contributed by atoms with Crippen LogP contribution in [0.4, 0.5) is 0 Å². The summed E-state index contributed by atoms with van der Waals surface area (Å²) in [5.74, 6) is 0.990. The average Bonchev–Trinajstić information content (AvgIpc) is 2.89. The largest absolute Gasteiger partial charge is 0.496 e. The molecule has 1 aromatic carbocycles. The number of benzene rings is 1. The van der Waals surface area contributed by atoms with Crippen LogP contribution in [0.25, 0.3) is 11.4 Å². The smallest absolute Gasteiger partial charge is 0.243 e. The molecule has 0 amide bonds. The Bertz CT molecular complexity index is 697. The van der Waals surface area contributed by atoms with Crippen molar-refractivity contribution in [2.24, 2.45) is 0 Å². The van der Waals surface area contributed by atoms with E-state index in [1.54, 1.807) is 32.2 Å². The molecule has 0 bridgehead atoms. The summed E-state index contributed by atoms with van der Waals surface area (Å²) in [6, 6.07) is 5.28. The van der Waals surface area contributed by atoms with Crippen molar-refractivity contribution in [2.45, 2.75) is 12.1 Å². The molecule has 0 radical (unpaired) electrons. The minimum absolute atomic E-state index is 0.0199. The quantitative estimate of drug-likeness (QED) is 0.916. The lowest BCUT2D eigenvalue weighted by molar-refractivity contribution is 0.412. The Morgan fingerprint density at radius 3 is 2.74 bits per heavy atom. The maximum atomic E-state index is 11.6. The fourth-order valence-electron chi connectivity index (χ4n) is 1.46. The molecule has 19 heavy (non-hydrogen) atoms. The second-order valence-corrected chi connectivity index (χ2v) is 6.76. The molecule has 0 saturated heterocycles. The lowest BCUT2D eigenvalue weighted by atomic mass is 10.2. The van der Waals surface area contributed by atoms with E-state index >= 15 is 0 Å². The number of H-pyrrole nitrogens is 1. The van der Waals surface area contributed by atoms with Crippen molar-refractivity contribution >= 4 is 25.8 Å². The van der Waals surface area contributed by atoms with Gasteiger partial charge < -0.3 is 4.74 Å². The fourth-order valence-corrected chi connectivity index (χ4v) is 2.68. The van der Waals surface area contributed by atoms with Gasteiger partial charge >= 0.3 is 0 Å². The second-order valence-electron chi connectivity index (χ2n) is 3.72. The highest BCUT2D eigenvalue weighted by Crippen LogP contribution is 2.29. The first kappa shape index (κ1) is 14.0. The van der Waals surface area contributed by atoms with E-state index in [1.807, 2.05) is 0 Å². The number of rotatable bonds is 4. The number of nitrogens with zero attached hydrogens (tertiary/aromatic N) is 2. The van der Waals surface area contributed by atoms with Gasteiger partial charge in [-0.05, 0) is 34.1 Å². The monoisotopic (exact) mass is 345 g/mol. The number of nitrogens with one attached hydrogen (secondary N) is 1. The Balaban J connectivity index is 2.41. The van der Waals surface area contributed by atoms with Gasteiger partial charge in [-0.1, -0.05) is 6.92 Å². The van der Waals surface area contributed by atoms with Gasteiger partial charge in [-0.25, -0.2) is 13.5 Å². The number of sulfone groups is 1. The summed E-state index contributed by atoms with van der Waals surface area (Å²) >= 11 is 3.36. The molecule has 8 heteroatoms. The summed E-state index contributed by atoms with van der Waals surface area (Å²) in [5, 5.41) is 6.25. The van der Waals surface area contributed by atoms with Crippen molar-refractivity contribution < 1.29 is 13.2 Å². The van der Waals surface area contributed by atoms with Crippen LogP contribution in [-0.4, -0.2) is 36.5 Å². The second kappa shape index (κ2) is 5.30. The molecule has 0 unspecified atom stereocenters. The van der Waals surface area contributed by atoms with Gasteiger partial charge in [0.15, 0.2) is 5.82 Å². The lowest BCUT2D eigenvalue weighted by Crippen LogP contribution is -2.05. The number of ether oxygens (including phenoxy) is 1. The standard InChI is InChI=1S/C11H12BrN3O3S/c1-3-19(16,17)11-13-10(14-15-11)7-4-5-9(18-2)8(12)6-7/h4-6H,3H2,1-2H3,(H,13,14,15). The number of hydrogen-bond donors (Lipinski definition) is 1. The summed E-state index contributed by atoms with van der Waals surface area (Å²) in [4.78, 5) is 4.00. The highest BCUT2D eigenvalue weighted by molar-refractivity contribution is 9.10. The number of hydrogen-bond acceptors (Lipinski definition) is 5. The maximum absolute atomic E-state index is 11.6. The SMILES string of the molecule is CCS(=O)(=O)c1nc(-c2ccc(OC)c(Br)c2)n[nH]1. The normalized spacial score (nSPS) is 11.5. The summed E-state index contributed by atoms with van der Waals surface area (Å²) in [5.41, 5.74) is 0.696. The fraction of sp³-hybridized carbons (Fsp3) is 0.273. The number of halogens is 1. The third-order valence-electron chi connectivity index (χ3n) is 2.55. The molecule has 2 rings (SSSR count). The average molecular weight is 346 g/mol. The first-order chi connectivity index (χ1) is 8.97. The molecule has 102 valence electrons. The van der Waals surface area contributed by atoms with Crippen molar-refractivity contribution in [2.75, 3.05) is 12.9 Å². The Labute approximate surface area is 119 Å². The highest BCUT2D eigenvalue weighted by Gasteiger charge is 2.18. The van der Waals surface area contributed by atoms with Crippen molar-refractivity contribution in [3.05, 3.63) is 22.7 Å². The van der Waals surface area contributed by atoms with Gasteiger partial charge in [-0.2, -0.15) is 10.1 Å². The third-order valence-corrected chi connectivity index (χ3v) is 4.70. The van der Waals surface area contributed by atoms with Crippen molar-refractivity contribution in [1.82, 2.24) is 15.2 Å².